The molecule has 4 aliphatic rings. The molecule has 4 atom stereocenters. The number of rotatable bonds is 0. The van der Waals surface area contributed by atoms with Crippen LogP contribution in [0.4, 0.5) is 0 Å². The first-order valence-electron chi connectivity index (χ1n) is 7.09. The molecule has 0 radical (unpaired) electrons. The molecule has 2 nitrogen and oxygen atoms in total. The smallest absolute Gasteiger partial charge is 0.0253 e. The summed E-state index contributed by atoms with van der Waals surface area (Å²) in [5.41, 5.74) is 0. The van der Waals surface area contributed by atoms with Gasteiger partial charge >= 0.3 is 0 Å². The fourth-order valence-electron chi connectivity index (χ4n) is 3.56. The maximum atomic E-state index is 3.59. The van der Waals surface area contributed by atoms with Crippen molar-refractivity contribution in [3.8, 4) is 0 Å². The predicted molar refractivity (Wildman–Crippen MR) is 74.2 cm³/mol. The Morgan fingerprint density at radius 1 is 0.765 bits per heavy atom. The molecule has 0 amide bonds. The van der Waals surface area contributed by atoms with Gasteiger partial charge in [0.2, 0.25) is 0 Å². The average Bonchev–Trinajstić information content (AvgIpc) is 2.83. The van der Waals surface area contributed by atoms with Crippen molar-refractivity contribution in [3.05, 3.63) is 12.2 Å². The Hall–Kier alpha value is -0.340. The van der Waals surface area contributed by atoms with Crippen molar-refractivity contribution >= 4 is 0 Å². The zero-order valence-corrected chi connectivity index (χ0v) is 10.1. The lowest BCUT2D eigenvalue weighted by molar-refractivity contribution is 0.406. The van der Waals surface area contributed by atoms with Crippen LogP contribution in [0.2, 0.25) is 0 Å². The van der Waals surface area contributed by atoms with Gasteiger partial charge in [-0.3, -0.25) is 0 Å². The largest absolute Gasteiger partial charge is 0.311 e. The van der Waals surface area contributed by atoms with E-state index < -0.39 is 0 Å². The van der Waals surface area contributed by atoms with Crippen molar-refractivity contribution < 1.29 is 0 Å². The molecule has 4 aliphatic heterocycles. The van der Waals surface area contributed by atoms with Crippen LogP contribution >= 0.6 is 0 Å². The Balaban J connectivity index is 0.000000120. The Labute approximate surface area is 106 Å². The lowest BCUT2D eigenvalue weighted by atomic mass is 10.1. The fourth-order valence-corrected chi connectivity index (χ4v) is 3.56. The molecule has 4 unspecified atom stereocenters. The molecule has 2 N–H and O–H groups in total. The van der Waals surface area contributed by atoms with E-state index in [-0.39, 0.29) is 7.43 Å². The van der Waals surface area contributed by atoms with Crippen molar-refractivity contribution in [2.45, 2.75) is 83.0 Å². The molecule has 0 saturated carbocycles. The molecule has 0 aromatic rings. The zero-order chi connectivity index (χ0) is 10.8. The van der Waals surface area contributed by atoms with E-state index in [0.29, 0.717) is 0 Å². The molecule has 0 aromatic heterocycles. The lowest BCUT2D eigenvalue weighted by Crippen LogP contribution is -2.33. The molecule has 0 aliphatic carbocycles. The first-order chi connectivity index (χ1) is 7.90. The molecule has 4 heterocycles. The van der Waals surface area contributed by atoms with E-state index in [1.807, 2.05) is 0 Å². The SMILES string of the molecule is C.C1=CC2CCC(C1)N2.C1CC2CCC(C1)N2. The molecule has 4 bridgehead atoms. The summed E-state index contributed by atoms with van der Waals surface area (Å²) >= 11 is 0. The second kappa shape index (κ2) is 6.01. The highest BCUT2D eigenvalue weighted by molar-refractivity contribution is 5.06. The normalized spacial score (nSPS) is 41.4. The van der Waals surface area contributed by atoms with E-state index in [0.717, 1.165) is 24.2 Å². The van der Waals surface area contributed by atoms with Crippen LogP contribution in [0.15, 0.2) is 12.2 Å². The van der Waals surface area contributed by atoms with E-state index >= 15 is 0 Å². The second-order valence-electron chi connectivity index (χ2n) is 5.78. The van der Waals surface area contributed by atoms with Gasteiger partial charge in [-0.2, -0.15) is 0 Å². The molecule has 0 aromatic carbocycles. The summed E-state index contributed by atoms with van der Waals surface area (Å²) in [5.74, 6) is 0. The summed E-state index contributed by atoms with van der Waals surface area (Å²) in [5, 5.41) is 7.09. The summed E-state index contributed by atoms with van der Waals surface area (Å²) in [6, 6.07) is 3.38. The topological polar surface area (TPSA) is 24.1 Å². The van der Waals surface area contributed by atoms with Gasteiger partial charge in [0.1, 0.15) is 0 Å². The van der Waals surface area contributed by atoms with Crippen LogP contribution in [0.3, 0.4) is 0 Å². The minimum Gasteiger partial charge on any atom is -0.311 e. The standard InChI is InChI=1S/C7H13N.C7H11N.CH4/c2*1-2-6-4-5-7(3-1)8-6;/h6-8H,1-5H2;1-2,6-8H,3-5H2;1H4. The van der Waals surface area contributed by atoms with Crippen molar-refractivity contribution in [1.82, 2.24) is 10.6 Å². The Bertz CT molecular complexity index is 248. The van der Waals surface area contributed by atoms with Crippen LogP contribution in [-0.4, -0.2) is 24.2 Å². The lowest BCUT2D eigenvalue weighted by Gasteiger charge is -2.19. The van der Waals surface area contributed by atoms with Gasteiger partial charge in [-0.15, -0.1) is 0 Å². The van der Waals surface area contributed by atoms with Crippen molar-refractivity contribution in [3.63, 3.8) is 0 Å². The summed E-state index contributed by atoms with van der Waals surface area (Å²) < 4.78 is 0. The van der Waals surface area contributed by atoms with Gasteiger partial charge in [-0.1, -0.05) is 26.0 Å². The summed E-state index contributed by atoms with van der Waals surface area (Å²) in [6.45, 7) is 0. The number of nitrogens with one attached hydrogen (secondary N) is 2. The summed E-state index contributed by atoms with van der Waals surface area (Å²) in [6.07, 6.45) is 15.9. The first kappa shape index (κ1) is 13.1. The van der Waals surface area contributed by atoms with E-state index in [4.69, 9.17) is 0 Å². The van der Waals surface area contributed by atoms with Crippen LogP contribution in [0.5, 0.6) is 0 Å². The van der Waals surface area contributed by atoms with E-state index in [2.05, 4.69) is 22.8 Å². The molecule has 3 fully saturated rings. The van der Waals surface area contributed by atoms with Gasteiger partial charge in [0.05, 0.1) is 0 Å². The van der Waals surface area contributed by atoms with E-state index in [1.54, 1.807) is 0 Å². The molecule has 17 heavy (non-hydrogen) atoms. The van der Waals surface area contributed by atoms with Crippen molar-refractivity contribution in [2.75, 3.05) is 0 Å². The molecular weight excluding hydrogens is 208 g/mol. The van der Waals surface area contributed by atoms with Crippen LogP contribution in [-0.2, 0) is 0 Å². The number of hydrogen-bond donors (Lipinski definition) is 2. The molecule has 4 rings (SSSR count). The third-order valence-corrected chi connectivity index (χ3v) is 4.51. The van der Waals surface area contributed by atoms with E-state index in [9.17, 15) is 0 Å². The average molecular weight is 236 g/mol. The van der Waals surface area contributed by atoms with Crippen LogP contribution in [0, 0.1) is 0 Å². The van der Waals surface area contributed by atoms with E-state index in [1.165, 1.54) is 51.4 Å². The summed E-state index contributed by atoms with van der Waals surface area (Å²) in [7, 11) is 0. The van der Waals surface area contributed by atoms with Crippen molar-refractivity contribution in [1.29, 1.82) is 0 Å². The van der Waals surface area contributed by atoms with Gasteiger partial charge in [0.15, 0.2) is 0 Å². The minimum absolute atomic E-state index is 0. The van der Waals surface area contributed by atoms with Crippen LogP contribution < -0.4 is 10.6 Å². The van der Waals surface area contributed by atoms with Gasteiger partial charge in [0.25, 0.3) is 0 Å². The molecule has 0 spiro atoms. The van der Waals surface area contributed by atoms with Gasteiger partial charge in [0, 0.05) is 24.2 Å². The zero-order valence-electron chi connectivity index (χ0n) is 10.1. The molecule has 98 valence electrons. The second-order valence-corrected chi connectivity index (χ2v) is 5.78. The van der Waals surface area contributed by atoms with Crippen LogP contribution in [0.1, 0.15) is 58.8 Å². The van der Waals surface area contributed by atoms with Gasteiger partial charge in [-0.25, -0.2) is 0 Å². The molecule has 2 heteroatoms. The summed E-state index contributed by atoms with van der Waals surface area (Å²) in [4.78, 5) is 0. The van der Waals surface area contributed by atoms with Gasteiger partial charge in [-0.05, 0) is 44.9 Å². The highest BCUT2D eigenvalue weighted by atomic mass is 15.0. The third-order valence-electron chi connectivity index (χ3n) is 4.51. The maximum Gasteiger partial charge on any atom is 0.0253 e. The van der Waals surface area contributed by atoms with Gasteiger partial charge < -0.3 is 10.6 Å². The number of hydrogen-bond acceptors (Lipinski definition) is 2. The van der Waals surface area contributed by atoms with Crippen LogP contribution in [0.25, 0.3) is 0 Å². The fraction of sp³-hybridized carbons (Fsp3) is 0.867. The maximum absolute atomic E-state index is 3.59. The highest BCUT2D eigenvalue weighted by Crippen LogP contribution is 2.25. The van der Waals surface area contributed by atoms with Crippen molar-refractivity contribution in [2.24, 2.45) is 0 Å². The molecular formula is C15H28N2. The quantitative estimate of drug-likeness (QED) is 0.632. The minimum atomic E-state index is 0. The Morgan fingerprint density at radius 3 is 2.06 bits per heavy atom. The highest BCUT2D eigenvalue weighted by Gasteiger charge is 2.26. The number of piperidine rings is 1. The first-order valence-corrected chi connectivity index (χ1v) is 7.09. The Morgan fingerprint density at radius 2 is 1.47 bits per heavy atom. The monoisotopic (exact) mass is 236 g/mol. The third kappa shape index (κ3) is 3.32. The Kier molecular flexibility index (Phi) is 4.63. The number of fused-ring (bicyclic) bond motifs is 4. The molecule has 3 saturated heterocycles. The predicted octanol–water partition coefficient (Wildman–Crippen LogP) is 2.99.